The Bertz CT molecular complexity index is 780. The minimum absolute atomic E-state index is 0.104. The van der Waals surface area contributed by atoms with Crippen molar-refractivity contribution in [1.82, 2.24) is 15.0 Å². The molecule has 0 aliphatic carbocycles. The van der Waals surface area contributed by atoms with Crippen molar-refractivity contribution in [2.75, 3.05) is 26.3 Å². The van der Waals surface area contributed by atoms with E-state index in [2.05, 4.69) is 10.1 Å². The number of hydrogen-bond acceptors (Lipinski definition) is 5. The molecular formula is C20H24FN3O3. The van der Waals surface area contributed by atoms with Gasteiger partial charge in [0.1, 0.15) is 5.82 Å². The minimum atomic E-state index is -0.382. The fraction of sp³-hybridized carbons (Fsp3) is 0.550. The van der Waals surface area contributed by atoms with E-state index in [-0.39, 0.29) is 11.7 Å². The van der Waals surface area contributed by atoms with Crippen molar-refractivity contribution in [2.24, 2.45) is 5.92 Å². The summed E-state index contributed by atoms with van der Waals surface area (Å²) in [7, 11) is 0. The van der Waals surface area contributed by atoms with E-state index >= 15 is 0 Å². The van der Waals surface area contributed by atoms with E-state index in [9.17, 15) is 9.18 Å². The van der Waals surface area contributed by atoms with Gasteiger partial charge in [-0.3, -0.25) is 4.79 Å². The molecule has 0 atom stereocenters. The van der Waals surface area contributed by atoms with Crippen LogP contribution >= 0.6 is 0 Å². The van der Waals surface area contributed by atoms with Gasteiger partial charge in [0.25, 0.3) is 5.91 Å². The SMILES string of the molecule is O=C(c1cccc(F)c1)N1CCC(Cc2nc(C3CCOCC3)no2)CC1. The van der Waals surface area contributed by atoms with Crippen LogP contribution in [0, 0.1) is 11.7 Å². The summed E-state index contributed by atoms with van der Waals surface area (Å²) in [5.41, 5.74) is 0.409. The molecule has 0 N–H and O–H groups in total. The van der Waals surface area contributed by atoms with Gasteiger partial charge in [0.15, 0.2) is 5.82 Å². The number of benzene rings is 1. The van der Waals surface area contributed by atoms with Gasteiger partial charge in [0, 0.05) is 44.2 Å². The normalized spacial score (nSPS) is 19.4. The first-order valence-electron chi connectivity index (χ1n) is 9.64. The molecule has 1 aromatic heterocycles. The predicted octanol–water partition coefficient (Wildman–Crippen LogP) is 3.20. The maximum Gasteiger partial charge on any atom is 0.253 e. The highest BCUT2D eigenvalue weighted by atomic mass is 19.1. The lowest BCUT2D eigenvalue weighted by molar-refractivity contribution is 0.0687. The molecule has 2 saturated heterocycles. The highest BCUT2D eigenvalue weighted by molar-refractivity contribution is 5.94. The number of halogens is 1. The summed E-state index contributed by atoms with van der Waals surface area (Å²) in [6.07, 6.45) is 4.41. The first kappa shape index (κ1) is 18.1. The lowest BCUT2D eigenvalue weighted by atomic mass is 9.93. The van der Waals surface area contributed by atoms with Gasteiger partial charge in [-0.05, 0) is 49.8 Å². The monoisotopic (exact) mass is 373 g/mol. The molecule has 0 bridgehead atoms. The minimum Gasteiger partial charge on any atom is -0.381 e. The van der Waals surface area contributed by atoms with E-state index in [4.69, 9.17) is 9.26 Å². The van der Waals surface area contributed by atoms with Crippen LogP contribution < -0.4 is 0 Å². The Balaban J connectivity index is 1.29. The molecule has 2 aliphatic heterocycles. The number of amides is 1. The third-order valence-electron chi connectivity index (χ3n) is 5.51. The van der Waals surface area contributed by atoms with Crippen LogP contribution in [0.25, 0.3) is 0 Å². The average Bonchev–Trinajstić information content (AvgIpc) is 3.17. The summed E-state index contributed by atoms with van der Waals surface area (Å²) in [4.78, 5) is 18.9. The second kappa shape index (κ2) is 8.17. The van der Waals surface area contributed by atoms with Crippen LogP contribution in [0.15, 0.2) is 28.8 Å². The molecule has 7 heteroatoms. The van der Waals surface area contributed by atoms with E-state index in [1.165, 1.54) is 12.1 Å². The van der Waals surface area contributed by atoms with E-state index < -0.39 is 0 Å². The van der Waals surface area contributed by atoms with Crippen LogP contribution in [0.4, 0.5) is 4.39 Å². The molecule has 4 rings (SSSR count). The molecule has 0 spiro atoms. The molecule has 0 unspecified atom stereocenters. The van der Waals surface area contributed by atoms with Crippen molar-refractivity contribution in [3.05, 3.63) is 47.4 Å². The molecule has 27 heavy (non-hydrogen) atoms. The van der Waals surface area contributed by atoms with Gasteiger partial charge in [0.2, 0.25) is 5.89 Å². The maximum absolute atomic E-state index is 13.3. The molecule has 0 radical (unpaired) electrons. The number of rotatable bonds is 4. The molecule has 144 valence electrons. The van der Waals surface area contributed by atoms with Gasteiger partial charge < -0.3 is 14.2 Å². The molecule has 6 nitrogen and oxygen atoms in total. The summed E-state index contributed by atoms with van der Waals surface area (Å²) in [6.45, 7) is 2.85. The summed E-state index contributed by atoms with van der Waals surface area (Å²) < 4.78 is 24.2. The van der Waals surface area contributed by atoms with E-state index in [1.54, 1.807) is 17.0 Å². The van der Waals surface area contributed by atoms with Crippen LogP contribution in [-0.2, 0) is 11.2 Å². The van der Waals surface area contributed by atoms with E-state index in [1.807, 2.05) is 0 Å². The zero-order valence-electron chi connectivity index (χ0n) is 15.3. The van der Waals surface area contributed by atoms with E-state index in [0.717, 1.165) is 51.1 Å². The van der Waals surface area contributed by atoms with Crippen molar-refractivity contribution in [3.8, 4) is 0 Å². The Kier molecular flexibility index (Phi) is 5.48. The Morgan fingerprint density at radius 3 is 2.70 bits per heavy atom. The zero-order chi connectivity index (χ0) is 18.6. The predicted molar refractivity (Wildman–Crippen MR) is 95.8 cm³/mol. The summed E-state index contributed by atoms with van der Waals surface area (Å²) in [5.74, 6) is 1.75. The summed E-state index contributed by atoms with van der Waals surface area (Å²) >= 11 is 0. The Hall–Kier alpha value is -2.28. The number of nitrogens with zero attached hydrogens (tertiary/aromatic N) is 3. The second-order valence-corrected chi connectivity index (χ2v) is 7.38. The largest absolute Gasteiger partial charge is 0.381 e. The lowest BCUT2D eigenvalue weighted by Gasteiger charge is -2.31. The fourth-order valence-corrected chi connectivity index (χ4v) is 3.86. The van der Waals surface area contributed by atoms with Gasteiger partial charge in [-0.15, -0.1) is 0 Å². The van der Waals surface area contributed by atoms with Crippen LogP contribution in [0.3, 0.4) is 0 Å². The average molecular weight is 373 g/mol. The van der Waals surface area contributed by atoms with Crippen LogP contribution in [0.5, 0.6) is 0 Å². The first-order chi connectivity index (χ1) is 13.2. The maximum atomic E-state index is 13.3. The Morgan fingerprint density at radius 2 is 1.96 bits per heavy atom. The topological polar surface area (TPSA) is 68.5 Å². The number of piperidine rings is 1. The Labute approximate surface area is 157 Å². The number of ether oxygens (including phenoxy) is 1. The number of likely N-dealkylation sites (tertiary alicyclic amines) is 1. The van der Waals surface area contributed by atoms with Crippen LogP contribution in [0.1, 0.15) is 53.7 Å². The molecule has 1 amide bonds. The molecule has 1 aromatic carbocycles. The molecular weight excluding hydrogens is 349 g/mol. The van der Waals surface area contributed by atoms with Crippen molar-refractivity contribution in [2.45, 2.75) is 38.0 Å². The van der Waals surface area contributed by atoms with E-state index in [0.29, 0.717) is 36.4 Å². The number of carbonyl (C=O) groups is 1. The number of hydrogen-bond donors (Lipinski definition) is 0. The van der Waals surface area contributed by atoms with Crippen molar-refractivity contribution >= 4 is 5.91 Å². The second-order valence-electron chi connectivity index (χ2n) is 7.38. The smallest absolute Gasteiger partial charge is 0.253 e. The van der Waals surface area contributed by atoms with Crippen molar-refractivity contribution < 1.29 is 18.4 Å². The molecule has 0 saturated carbocycles. The summed E-state index contributed by atoms with van der Waals surface area (Å²) in [5, 5.41) is 4.15. The van der Waals surface area contributed by atoms with Crippen molar-refractivity contribution in [1.29, 1.82) is 0 Å². The first-order valence-corrected chi connectivity index (χ1v) is 9.64. The zero-order valence-corrected chi connectivity index (χ0v) is 15.3. The number of aromatic nitrogens is 2. The van der Waals surface area contributed by atoms with Gasteiger partial charge in [-0.25, -0.2) is 4.39 Å². The standard InChI is InChI=1S/C20H24FN3O3/c21-17-3-1-2-16(13-17)20(25)24-8-4-14(5-9-24)12-18-22-19(23-27-18)15-6-10-26-11-7-15/h1-3,13-15H,4-12H2. The van der Waals surface area contributed by atoms with Gasteiger partial charge in [-0.2, -0.15) is 4.98 Å². The quantitative estimate of drug-likeness (QED) is 0.823. The highest BCUT2D eigenvalue weighted by Crippen LogP contribution is 2.26. The van der Waals surface area contributed by atoms with Crippen LogP contribution in [-0.4, -0.2) is 47.3 Å². The van der Waals surface area contributed by atoms with Crippen molar-refractivity contribution in [3.63, 3.8) is 0 Å². The fourth-order valence-electron chi connectivity index (χ4n) is 3.86. The molecule has 3 heterocycles. The van der Waals surface area contributed by atoms with Gasteiger partial charge in [0.05, 0.1) is 0 Å². The Morgan fingerprint density at radius 1 is 1.19 bits per heavy atom. The number of carbonyl (C=O) groups excluding carboxylic acids is 1. The summed E-state index contributed by atoms with van der Waals surface area (Å²) in [6, 6.07) is 5.88. The van der Waals surface area contributed by atoms with Gasteiger partial charge >= 0.3 is 0 Å². The molecule has 2 aliphatic rings. The van der Waals surface area contributed by atoms with Crippen LogP contribution in [0.2, 0.25) is 0 Å². The third-order valence-corrected chi connectivity index (χ3v) is 5.51. The lowest BCUT2D eigenvalue weighted by Crippen LogP contribution is -2.39. The highest BCUT2D eigenvalue weighted by Gasteiger charge is 2.26. The van der Waals surface area contributed by atoms with Gasteiger partial charge in [-0.1, -0.05) is 11.2 Å². The molecule has 2 aromatic rings. The molecule has 2 fully saturated rings. The third kappa shape index (κ3) is 4.35.